The predicted molar refractivity (Wildman–Crippen MR) is 110 cm³/mol. The lowest BCUT2D eigenvalue weighted by Gasteiger charge is -2.28. The molecule has 0 aromatic heterocycles. The van der Waals surface area contributed by atoms with Gasteiger partial charge in [0, 0.05) is 41.9 Å². The first-order valence-corrected chi connectivity index (χ1v) is 9.40. The summed E-state index contributed by atoms with van der Waals surface area (Å²) in [6, 6.07) is 16.2. The molecule has 0 bridgehead atoms. The molecule has 26 heavy (non-hydrogen) atoms. The molecule has 0 aliphatic carbocycles. The highest BCUT2D eigenvalue weighted by molar-refractivity contribution is 5.89. The predicted octanol–water partition coefficient (Wildman–Crippen LogP) is 4.95. The van der Waals surface area contributed by atoms with Gasteiger partial charge in [0.15, 0.2) is 0 Å². The number of urea groups is 1. The Morgan fingerprint density at radius 1 is 0.846 bits per heavy atom. The van der Waals surface area contributed by atoms with E-state index in [9.17, 15) is 4.79 Å². The van der Waals surface area contributed by atoms with Crippen LogP contribution in [0, 0.1) is 0 Å². The number of benzene rings is 2. The molecule has 1 saturated heterocycles. The molecule has 2 aromatic carbocycles. The van der Waals surface area contributed by atoms with Crippen molar-refractivity contribution in [3.8, 4) is 0 Å². The van der Waals surface area contributed by atoms with Crippen molar-refractivity contribution >= 4 is 28.8 Å². The standard InChI is InChI=1S/C21H28N4O/c1-16(2)22-21(26)24-19-8-6-17(7-9-19)23-18-10-12-20(13-11-18)25-14-4-3-5-15-25/h6-13,16,23H,3-5,14-15H2,1-2H3,(H2,22,24,26). The summed E-state index contributed by atoms with van der Waals surface area (Å²) in [5.74, 6) is 0. The van der Waals surface area contributed by atoms with Gasteiger partial charge >= 0.3 is 6.03 Å². The second-order valence-electron chi connectivity index (χ2n) is 7.05. The molecule has 0 saturated carbocycles. The third kappa shape index (κ3) is 5.15. The fourth-order valence-electron chi connectivity index (χ4n) is 3.14. The summed E-state index contributed by atoms with van der Waals surface area (Å²) in [5, 5.41) is 9.03. The van der Waals surface area contributed by atoms with Crippen LogP contribution in [0.5, 0.6) is 0 Å². The van der Waals surface area contributed by atoms with Crippen LogP contribution in [0.2, 0.25) is 0 Å². The van der Waals surface area contributed by atoms with E-state index >= 15 is 0 Å². The minimum Gasteiger partial charge on any atom is -0.372 e. The molecular weight excluding hydrogens is 324 g/mol. The van der Waals surface area contributed by atoms with Gasteiger partial charge in [0.1, 0.15) is 0 Å². The molecule has 3 rings (SSSR count). The quantitative estimate of drug-likeness (QED) is 0.713. The Morgan fingerprint density at radius 2 is 1.38 bits per heavy atom. The van der Waals surface area contributed by atoms with E-state index in [2.05, 4.69) is 45.1 Å². The van der Waals surface area contributed by atoms with Gasteiger partial charge in [-0.2, -0.15) is 0 Å². The number of nitrogens with one attached hydrogen (secondary N) is 3. The molecular formula is C21H28N4O. The van der Waals surface area contributed by atoms with Gasteiger partial charge in [-0.1, -0.05) is 0 Å². The molecule has 1 aliphatic rings. The van der Waals surface area contributed by atoms with Crippen LogP contribution in [0.4, 0.5) is 27.5 Å². The van der Waals surface area contributed by atoms with Crippen LogP contribution < -0.4 is 20.9 Å². The first-order valence-electron chi connectivity index (χ1n) is 9.40. The minimum absolute atomic E-state index is 0.115. The summed E-state index contributed by atoms with van der Waals surface area (Å²) < 4.78 is 0. The average molecular weight is 352 g/mol. The highest BCUT2D eigenvalue weighted by atomic mass is 16.2. The number of piperidine rings is 1. The molecule has 0 spiro atoms. The van der Waals surface area contributed by atoms with Crippen molar-refractivity contribution in [3.63, 3.8) is 0 Å². The molecule has 5 heteroatoms. The van der Waals surface area contributed by atoms with E-state index in [-0.39, 0.29) is 12.1 Å². The van der Waals surface area contributed by atoms with Crippen molar-refractivity contribution in [2.45, 2.75) is 39.2 Å². The Bertz CT molecular complexity index is 704. The van der Waals surface area contributed by atoms with Crippen molar-refractivity contribution in [2.24, 2.45) is 0 Å². The normalized spacial score (nSPS) is 14.2. The Labute approximate surface area is 155 Å². The van der Waals surface area contributed by atoms with E-state index < -0.39 is 0 Å². The van der Waals surface area contributed by atoms with Gasteiger partial charge in [0.25, 0.3) is 0 Å². The van der Waals surface area contributed by atoms with Gasteiger partial charge in [-0.25, -0.2) is 4.79 Å². The number of nitrogens with zero attached hydrogens (tertiary/aromatic N) is 1. The third-order valence-electron chi connectivity index (χ3n) is 4.44. The lowest BCUT2D eigenvalue weighted by atomic mass is 10.1. The van der Waals surface area contributed by atoms with Crippen molar-refractivity contribution < 1.29 is 4.79 Å². The lowest BCUT2D eigenvalue weighted by molar-refractivity contribution is 0.250. The van der Waals surface area contributed by atoms with Crippen molar-refractivity contribution in [1.29, 1.82) is 0 Å². The highest BCUT2D eigenvalue weighted by Gasteiger charge is 2.10. The second-order valence-corrected chi connectivity index (χ2v) is 7.05. The molecule has 0 atom stereocenters. The van der Waals surface area contributed by atoms with E-state index in [0.717, 1.165) is 30.2 Å². The van der Waals surface area contributed by atoms with E-state index in [0.29, 0.717) is 0 Å². The van der Waals surface area contributed by atoms with E-state index in [1.807, 2.05) is 38.1 Å². The number of hydrogen-bond acceptors (Lipinski definition) is 3. The zero-order chi connectivity index (χ0) is 18.4. The molecule has 1 fully saturated rings. The van der Waals surface area contributed by atoms with E-state index in [1.54, 1.807) is 0 Å². The van der Waals surface area contributed by atoms with Crippen molar-refractivity contribution in [2.75, 3.05) is 28.6 Å². The zero-order valence-corrected chi connectivity index (χ0v) is 15.6. The molecule has 138 valence electrons. The molecule has 5 nitrogen and oxygen atoms in total. The zero-order valence-electron chi connectivity index (χ0n) is 15.6. The van der Waals surface area contributed by atoms with E-state index in [1.165, 1.54) is 24.9 Å². The van der Waals surface area contributed by atoms with Gasteiger partial charge in [-0.05, 0) is 81.6 Å². The van der Waals surface area contributed by atoms with Crippen molar-refractivity contribution in [1.82, 2.24) is 5.32 Å². The van der Waals surface area contributed by atoms with Gasteiger partial charge in [-0.15, -0.1) is 0 Å². The number of anilines is 4. The number of carbonyl (C=O) groups excluding carboxylic acids is 1. The molecule has 0 unspecified atom stereocenters. The summed E-state index contributed by atoms with van der Waals surface area (Å²) in [4.78, 5) is 14.2. The maximum absolute atomic E-state index is 11.7. The molecule has 0 radical (unpaired) electrons. The van der Waals surface area contributed by atoms with Gasteiger partial charge in [0.2, 0.25) is 0 Å². The molecule has 3 N–H and O–H groups in total. The topological polar surface area (TPSA) is 56.4 Å². The van der Waals surface area contributed by atoms with Crippen LogP contribution in [0.15, 0.2) is 48.5 Å². The summed E-state index contributed by atoms with van der Waals surface area (Å²) >= 11 is 0. The van der Waals surface area contributed by atoms with Crippen LogP contribution in [-0.4, -0.2) is 25.2 Å². The first-order chi connectivity index (χ1) is 12.6. The number of hydrogen-bond donors (Lipinski definition) is 3. The van der Waals surface area contributed by atoms with Gasteiger partial charge in [0.05, 0.1) is 0 Å². The number of carbonyl (C=O) groups is 1. The van der Waals surface area contributed by atoms with Crippen LogP contribution in [0.3, 0.4) is 0 Å². The SMILES string of the molecule is CC(C)NC(=O)Nc1ccc(Nc2ccc(N3CCCCC3)cc2)cc1. The average Bonchev–Trinajstić information content (AvgIpc) is 2.64. The van der Waals surface area contributed by atoms with Crippen LogP contribution in [-0.2, 0) is 0 Å². The third-order valence-corrected chi connectivity index (χ3v) is 4.44. The molecule has 1 aliphatic heterocycles. The second kappa shape index (κ2) is 8.61. The summed E-state index contributed by atoms with van der Waals surface area (Å²) in [5.41, 5.74) is 4.12. The van der Waals surface area contributed by atoms with Crippen LogP contribution in [0.25, 0.3) is 0 Å². The smallest absolute Gasteiger partial charge is 0.319 e. The first kappa shape index (κ1) is 18.1. The highest BCUT2D eigenvalue weighted by Crippen LogP contribution is 2.24. The maximum Gasteiger partial charge on any atom is 0.319 e. The molecule has 2 aromatic rings. The van der Waals surface area contributed by atoms with Crippen molar-refractivity contribution in [3.05, 3.63) is 48.5 Å². The number of amides is 2. The van der Waals surface area contributed by atoms with Gasteiger partial charge < -0.3 is 20.9 Å². The summed E-state index contributed by atoms with van der Waals surface area (Å²) in [6.45, 7) is 6.18. The number of rotatable bonds is 5. The van der Waals surface area contributed by atoms with E-state index in [4.69, 9.17) is 0 Å². The molecule has 2 amide bonds. The van der Waals surface area contributed by atoms with Crippen LogP contribution in [0.1, 0.15) is 33.1 Å². The Hall–Kier alpha value is -2.69. The fraction of sp³-hybridized carbons (Fsp3) is 0.381. The Balaban J connectivity index is 1.56. The molecule has 1 heterocycles. The Morgan fingerprint density at radius 3 is 1.96 bits per heavy atom. The summed E-state index contributed by atoms with van der Waals surface area (Å²) in [6.07, 6.45) is 3.92. The maximum atomic E-state index is 11.7. The monoisotopic (exact) mass is 352 g/mol. The summed E-state index contributed by atoms with van der Waals surface area (Å²) in [7, 11) is 0. The minimum atomic E-state index is -0.186. The van der Waals surface area contributed by atoms with Gasteiger partial charge in [-0.3, -0.25) is 0 Å². The fourth-order valence-corrected chi connectivity index (χ4v) is 3.14. The largest absolute Gasteiger partial charge is 0.372 e. The van der Waals surface area contributed by atoms with Crippen LogP contribution >= 0.6 is 0 Å². The lowest BCUT2D eigenvalue weighted by Crippen LogP contribution is -2.34. The Kier molecular flexibility index (Phi) is 6.00.